The van der Waals surface area contributed by atoms with Crippen molar-refractivity contribution in [3.8, 4) is 12.3 Å². The van der Waals surface area contributed by atoms with Gasteiger partial charge in [-0.25, -0.2) is 0 Å². The number of nitrogens with one attached hydrogen (secondary N) is 1. The molecule has 1 atom stereocenters. The van der Waals surface area contributed by atoms with Crippen molar-refractivity contribution in [2.24, 2.45) is 11.8 Å². The second kappa shape index (κ2) is 3.41. The lowest BCUT2D eigenvalue weighted by Gasteiger charge is -2.42. The monoisotopic (exact) mass is 177 g/mol. The maximum Gasteiger partial charge on any atom is 0.295 e. The first-order valence-electron chi connectivity index (χ1n) is 5.06. The van der Waals surface area contributed by atoms with Crippen LogP contribution in [0.3, 0.4) is 0 Å². The molecule has 13 heavy (non-hydrogen) atoms. The third-order valence-corrected chi connectivity index (χ3v) is 3.50. The molecule has 1 amide bonds. The molecule has 0 aromatic rings. The lowest BCUT2D eigenvalue weighted by atomic mass is 9.68. The van der Waals surface area contributed by atoms with Crippen LogP contribution in [-0.2, 0) is 4.79 Å². The molecule has 0 radical (unpaired) electrons. The summed E-state index contributed by atoms with van der Waals surface area (Å²) < 4.78 is 0. The van der Waals surface area contributed by atoms with Crippen LogP contribution in [0.4, 0.5) is 0 Å². The molecule has 3 aliphatic rings. The van der Waals surface area contributed by atoms with E-state index in [4.69, 9.17) is 6.42 Å². The van der Waals surface area contributed by atoms with Crippen LogP contribution < -0.4 is 5.32 Å². The first-order chi connectivity index (χ1) is 6.29. The average Bonchev–Trinajstić information content (AvgIpc) is 2.19. The van der Waals surface area contributed by atoms with Crippen LogP contribution in [0.5, 0.6) is 0 Å². The fraction of sp³-hybridized carbons (Fsp3) is 0.727. The van der Waals surface area contributed by atoms with Gasteiger partial charge in [-0.05, 0) is 37.0 Å². The Morgan fingerprint density at radius 2 is 2.00 bits per heavy atom. The molecule has 0 saturated heterocycles. The van der Waals surface area contributed by atoms with Gasteiger partial charge >= 0.3 is 0 Å². The topological polar surface area (TPSA) is 29.1 Å². The van der Waals surface area contributed by atoms with Crippen molar-refractivity contribution in [3.63, 3.8) is 0 Å². The largest absolute Gasteiger partial charge is 0.342 e. The minimum atomic E-state index is -0.238. The molecular formula is C11H15NO. The van der Waals surface area contributed by atoms with Gasteiger partial charge in [0.1, 0.15) is 0 Å². The van der Waals surface area contributed by atoms with Crippen molar-refractivity contribution in [1.29, 1.82) is 0 Å². The second-order valence-corrected chi connectivity index (χ2v) is 4.24. The zero-order chi connectivity index (χ0) is 9.26. The molecule has 3 saturated carbocycles. The Morgan fingerprint density at radius 1 is 1.31 bits per heavy atom. The average molecular weight is 177 g/mol. The van der Waals surface area contributed by atoms with Crippen LogP contribution in [0, 0.1) is 24.2 Å². The fourth-order valence-electron chi connectivity index (χ4n) is 2.76. The lowest BCUT2D eigenvalue weighted by Crippen LogP contribution is -2.46. The molecule has 1 N–H and O–H groups in total. The molecule has 0 aromatic heterocycles. The molecular weight excluding hydrogens is 162 g/mol. The number of rotatable bonds is 1. The molecule has 0 heterocycles. The number of hydrogen-bond acceptors (Lipinski definition) is 1. The molecule has 0 spiro atoms. The van der Waals surface area contributed by atoms with E-state index in [0.717, 1.165) is 12.3 Å². The Bertz CT molecular complexity index is 245. The van der Waals surface area contributed by atoms with Crippen LogP contribution in [0.15, 0.2) is 0 Å². The molecule has 0 aliphatic heterocycles. The third-order valence-electron chi connectivity index (χ3n) is 3.50. The summed E-state index contributed by atoms with van der Waals surface area (Å²) in [7, 11) is 0. The maximum atomic E-state index is 11.0. The summed E-state index contributed by atoms with van der Waals surface area (Å²) in [5.74, 6) is 3.42. The summed E-state index contributed by atoms with van der Waals surface area (Å²) in [6.45, 7) is 0. The van der Waals surface area contributed by atoms with Crippen molar-refractivity contribution in [3.05, 3.63) is 0 Å². The van der Waals surface area contributed by atoms with E-state index in [1.165, 1.54) is 25.7 Å². The highest BCUT2D eigenvalue weighted by Crippen LogP contribution is 2.41. The zero-order valence-corrected chi connectivity index (χ0v) is 7.75. The van der Waals surface area contributed by atoms with Crippen LogP contribution >= 0.6 is 0 Å². The standard InChI is InChI=1S/C11H15NO/c1-2-11(13)12-10-7-8-3-5-9(10)6-4-8/h1,8-10H,3-7H2,(H,12,13). The van der Waals surface area contributed by atoms with Crippen LogP contribution in [0.25, 0.3) is 0 Å². The molecule has 0 aromatic carbocycles. The molecule has 70 valence electrons. The van der Waals surface area contributed by atoms with Gasteiger partial charge in [-0.2, -0.15) is 0 Å². The summed E-state index contributed by atoms with van der Waals surface area (Å²) in [6, 6.07) is 0.371. The third kappa shape index (κ3) is 1.70. The normalized spacial score (nSPS) is 36.7. The quantitative estimate of drug-likeness (QED) is 0.601. The van der Waals surface area contributed by atoms with E-state index >= 15 is 0 Å². The van der Waals surface area contributed by atoms with Gasteiger partial charge in [0.2, 0.25) is 0 Å². The van der Waals surface area contributed by atoms with Gasteiger partial charge in [0.25, 0.3) is 5.91 Å². The Morgan fingerprint density at radius 3 is 2.46 bits per heavy atom. The van der Waals surface area contributed by atoms with Crippen molar-refractivity contribution < 1.29 is 4.79 Å². The van der Waals surface area contributed by atoms with E-state index in [-0.39, 0.29) is 5.91 Å². The highest BCUT2D eigenvalue weighted by molar-refractivity contribution is 5.93. The molecule has 1 unspecified atom stereocenters. The minimum absolute atomic E-state index is 0.238. The highest BCUT2D eigenvalue weighted by atomic mass is 16.1. The van der Waals surface area contributed by atoms with Gasteiger partial charge in [0, 0.05) is 6.04 Å². The molecule has 3 aliphatic carbocycles. The van der Waals surface area contributed by atoms with Crippen LogP contribution in [0.2, 0.25) is 0 Å². The maximum absolute atomic E-state index is 11.0. The van der Waals surface area contributed by atoms with Gasteiger partial charge in [0.15, 0.2) is 0 Å². The predicted molar refractivity (Wildman–Crippen MR) is 50.8 cm³/mol. The number of amides is 1. The van der Waals surface area contributed by atoms with Crippen molar-refractivity contribution in [2.75, 3.05) is 0 Å². The van der Waals surface area contributed by atoms with Crippen molar-refractivity contribution >= 4 is 5.91 Å². The first-order valence-corrected chi connectivity index (χ1v) is 5.06. The van der Waals surface area contributed by atoms with Crippen molar-refractivity contribution in [1.82, 2.24) is 5.32 Å². The summed E-state index contributed by atoms with van der Waals surface area (Å²) in [6.07, 6.45) is 11.4. The van der Waals surface area contributed by atoms with Crippen LogP contribution in [-0.4, -0.2) is 11.9 Å². The van der Waals surface area contributed by atoms with E-state index < -0.39 is 0 Å². The number of terminal acetylenes is 1. The summed E-state index contributed by atoms with van der Waals surface area (Å²) in [5.41, 5.74) is 0. The summed E-state index contributed by atoms with van der Waals surface area (Å²) >= 11 is 0. The fourth-order valence-corrected chi connectivity index (χ4v) is 2.76. The number of carbonyl (C=O) groups excluding carboxylic acids is 1. The van der Waals surface area contributed by atoms with Gasteiger partial charge < -0.3 is 5.32 Å². The lowest BCUT2D eigenvalue weighted by molar-refractivity contribution is -0.117. The summed E-state index contributed by atoms with van der Waals surface area (Å²) in [5, 5.41) is 2.92. The van der Waals surface area contributed by atoms with E-state index in [1.54, 1.807) is 0 Å². The Labute approximate surface area is 79.1 Å². The summed E-state index contributed by atoms with van der Waals surface area (Å²) in [4.78, 5) is 11.0. The smallest absolute Gasteiger partial charge is 0.295 e. The first kappa shape index (κ1) is 8.62. The molecule has 2 heteroatoms. The van der Waals surface area contributed by atoms with Gasteiger partial charge in [0.05, 0.1) is 0 Å². The number of fused-ring (bicyclic) bond motifs is 3. The number of hydrogen-bond donors (Lipinski definition) is 1. The van der Waals surface area contributed by atoms with Gasteiger partial charge in [-0.15, -0.1) is 6.42 Å². The minimum Gasteiger partial charge on any atom is -0.342 e. The molecule has 3 rings (SSSR count). The highest BCUT2D eigenvalue weighted by Gasteiger charge is 2.35. The van der Waals surface area contributed by atoms with Crippen LogP contribution in [0.1, 0.15) is 32.1 Å². The zero-order valence-electron chi connectivity index (χ0n) is 7.75. The van der Waals surface area contributed by atoms with E-state index in [0.29, 0.717) is 12.0 Å². The Kier molecular flexibility index (Phi) is 2.26. The molecule has 2 bridgehead atoms. The van der Waals surface area contributed by atoms with E-state index in [1.807, 2.05) is 0 Å². The van der Waals surface area contributed by atoms with Crippen molar-refractivity contribution in [2.45, 2.75) is 38.1 Å². The number of carbonyl (C=O) groups is 1. The second-order valence-electron chi connectivity index (χ2n) is 4.24. The Hall–Kier alpha value is -0.970. The SMILES string of the molecule is C#CC(=O)NC1CC2CCC1CC2. The predicted octanol–water partition coefficient (Wildman–Crippen LogP) is 1.31. The Balaban J connectivity index is 1.94. The van der Waals surface area contributed by atoms with E-state index in [2.05, 4.69) is 11.2 Å². The van der Waals surface area contributed by atoms with Gasteiger partial charge in [-0.3, -0.25) is 4.79 Å². The van der Waals surface area contributed by atoms with Gasteiger partial charge in [-0.1, -0.05) is 12.8 Å². The molecule has 3 fully saturated rings. The van der Waals surface area contributed by atoms with E-state index in [9.17, 15) is 4.79 Å². The molecule has 2 nitrogen and oxygen atoms in total.